The van der Waals surface area contributed by atoms with E-state index in [0.717, 1.165) is 24.4 Å². The molecule has 1 saturated heterocycles. The second-order valence-corrected chi connectivity index (χ2v) is 8.16. The number of aromatic nitrogens is 2. The Balaban J connectivity index is 1.17. The van der Waals surface area contributed by atoms with Gasteiger partial charge >= 0.3 is 0 Å². The second kappa shape index (κ2) is 11.3. The van der Waals surface area contributed by atoms with Gasteiger partial charge < -0.3 is 24.4 Å². The van der Waals surface area contributed by atoms with Crippen LogP contribution in [0.25, 0.3) is 0 Å². The van der Waals surface area contributed by atoms with Crippen LogP contribution in [0.15, 0.2) is 91.3 Å². The highest BCUT2D eigenvalue weighted by Crippen LogP contribution is 2.28. The first-order valence-electron chi connectivity index (χ1n) is 11.7. The summed E-state index contributed by atoms with van der Waals surface area (Å²) in [6.45, 7) is 3.23. The quantitative estimate of drug-likeness (QED) is 0.381. The van der Waals surface area contributed by atoms with Crippen molar-refractivity contribution in [2.45, 2.75) is 6.61 Å². The maximum atomic E-state index is 12.7. The van der Waals surface area contributed by atoms with Gasteiger partial charge in [0.25, 0.3) is 11.8 Å². The normalized spacial score (nSPS) is 13.2. The van der Waals surface area contributed by atoms with Gasteiger partial charge in [0.15, 0.2) is 5.82 Å². The fraction of sp³-hybridized carbons (Fsp3) is 0.179. The van der Waals surface area contributed by atoms with Crippen LogP contribution in [0.5, 0.6) is 17.4 Å². The summed E-state index contributed by atoms with van der Waals surface area (Å²) in [5, 5.41) is 2.90. The van der Waals surface area contributed by atoms with E-state index >= 15 is 0 Å². The molecule has 8 heteroatoms. The van der Waals surface area contributed by atoms with E-state index in [9.17, 15) is 4.79 Å². The van der Waals surface area contributed by atoms with E-state index in [2.05, 4.69) is 20.2 Å². The van der Waals surface area contributed by atoms with Crippen LogP contribution >= 0.6 is 0 Å². The van der Waals surface area contributed by atoms with Crippen molar-refractivity contribution in [1.82, 2.24) is 9.97 Å². The van der Waals surface area contributed by atoms with Gasteiger partial charge in [0, 0.05) is 36.7 Å². The maximum Gasteiger partial charge on any atom is 0.263 e. The molecule has 0 aliphatic carbocycles. The van der Waals surface area contributed by atoms with Crippen molar-refractivity contribution in [2.75, 3.05) is 36.5 Å². The van der Waals surface area contributed by atoms with E-state index in [1.165, 1.54) is 0 Å². The number of amides is 1. The maximum absolute atomic E-state index is 12.7. The highest BCUT2D eigenvalue weighted by Gasteiger charge is 2.18. The molecule has 0 unspecified atom stereocenters. The summed E-state index contributed by atoms with van der Waals surface area (Å²) in [4.78, 5) is 23.6. The molecule has 5 rings (SSSR count). The van der Waals surface area contributed by atoms with Crippen LogP contribution in [-0.4, -0.2) is 42.2 Å². The molecule has 1 fully saturated rings. The molecule has 0 spiro atoms. The summed E-state index contributed by atoms with van der Waals surface area (Å²) < 4.78 is 17.2. The highest BCUT2D eigenvalue weighted by atomic mass is 16.5. The van der Waals surface area contributed by atoms with Gasteiger partial charge in [0.2, 0.25) is 0 Å². The van der Waals surface area contributed by atoms with Crippen molar-refractivity contribution >= 4 is 17.4 Å². The zero-order valence-corrected chi connectivity index (χ0v) is 19.7. The number of hydrogen-bond donors (Lipinski definition) is 1. The van der Waals surface area contributed by atoms with E-state index in [0.29, 0.717) is 48.5 Å². The predicted octanol–water partition coefficient (Wildman–Crippen LogP) is 4.94. The summed E-state index contributed by atoms with van der Waals surface area (Å²) >= 11 is 0. The number of nitrogens with zero attached hydrogens (tertiary/aromatic N) is 3. The first-order valence-corrected chi connectivity index (χ1v) is 11.7. The first kappa shape index (κ1) is 23.3. The highest BCUT2D eigenvalue weighted by molar-refractivity contribution is 6.04. The molecule has 0 radical (unpaired) electrons. The van der Waals surface area contributed by atoms with Crippen LogP contribution in [0.2, 0.25) is 0 Å². The molecular weight excluding hydrogens is 456 g/mol. The van der Waals surface area contributed by atoms with Crippen LogP contribution < -0.4 is 19.7 Å². The van der Waals surface area contributed by atoms with Gasteiger partial charge in [-0.15, -0.1) is 0 Å². The molecule has 1 aliphatic rings. The molecule has 182 valence electrons. The zero-order chi connectivity index (χ0) is 24.6. The zero-order valence-electron chi connectivity index (χ0n) is 19.7. The van der Waals surface area contributed by atoms with Gasteiger partial charge in [0.1, 0.15) is 18.1 Å². The van der Waals surface area contributed by atoms with Crippen LogP contribution in [-0.2, 0) is 11.3 Å². The summed E-state index contributed by atoms with van der Waals surface area (Å²) in [5.74, 6) is 2.19. The first-order chi connectivity index (χ1) is 17.7. The predicted molar refractivity (Wildman–Crippen MR) is 137 cm³/mol. The topological polar surface area (TPSA) is 85.8 Å². The van der Waals surface area contributed by atoms with Crippen molar-refractivity contribution in [1.29, 1.82) is 0 Å². The summed E-state index contributed by atoms with van der Waals surface area (Å²) in [5.41, 5.74) is 2.29. The Kier molecular flexibility index (Phi) is 7.34. The number of nitrogens with one attached hydrogen (secondary N) is 1. The number of carbonyl (C=O) groups is 1. The molecule has 2 heterocycles. The third-order valence-electron chi connectivity index (χ3n) is 5.65. The van der Waals surface area contributed by atoms with Gasteiger partial charge in [-0.05, 0) is 54.1 Å². The average Bonchev–Trinajstić information content (AvgIpc) is 2.94. The minimum absolute atomic E-state index is 0.215. The SMILES string of the molecule is O=C(Nc1ccc(OCc2ccccc2)cc1)c1ccc(Oc2nccnc2N2CCOCC2)cc1. The van der Waals surface area contributed by atoms with Crippen molar-refractivity contribution in [2.24, 2.45) is 0 Å². The largest absolute Gasteiger partial charge is 0.489 e. The van der Waals surface area contributed by atoms with Crippen molar-refractivity contribution in [3.05, 3.63) is 102 Å². The summed E-state index contributed by atoms with van der Waals surface area (Å²) in [6.07, 6.45) is 3.24. The van der Waals surface area contributed by atoms with E-state index in [1.54, 1.807) is 36.7 Å². The Hall–Kier alpha value is -4.43. The number of ether oxygens (including phenoxy) is 3. The summed E-state index contributed by atoms with van der Waals surface area (Å²) in [6, 6.07) is 24.2. The van der Waals surface area contributed by atoms with Crippen molar-refractivity contribution in [3.8, 4) is 17.4 Å². The van der Waals surface area contributed by atoms with E-state index in [1.807, 2.05) is 54.6 Å². The Morgan fingerprint density at radius 2 is 1.56 bits per heavy atom. The lowest BCUT2D eigenvalue weighted by atomic mass is 10.2. The van der Waals surface area contributed by atoms with Gasteiger partial charge in [-0.3, -0.25) is 4.79 Å². The minimum atomic E-state index is -0.215. The van der Waals surface area contributed by atoms with Crippen LogP contribution in [0.3, 0.4) is 0 Å². The number of anilines is 2. The molecule has 0 bridgehead atoms. The van der Waals surface area contributed by atoms with Gasteiger partial charge in [0.05, 0.1) is 13.2 Å². The lowest BCUT2D eigenvalue weighted by Crippen LogP contribution is -2.37. The molecule has 36 heavy (non-hydrogen) atoms. The Morgan fingerprint density at radius 1 is 0.861 bits per heavy atom. The van der Waals surface area contributed by atoms with Crippen molar-refractivity contribution < 1.29 is 19.0 Å². The van der Waals surface area contributed by atoms with Gasteiger partial charge in [-0.2, -0.15) is 0 Å². The molecule has 0 saturated carbocycles. The number of carbonyl (C=O) groups excluding carboxylic acids is 1. The Bertz CT molecular complexity index is 1280. The van der Waals surface area contributed by atoms with Gasteiger partial charge in [-0.25, -0.2) is 9.97 Å². The molecule has 3 aromatic carbocycles. The van der Waals surface area contributed by atoms with E-state index in [-0.39, 0.29) is 5.91 Å². The monoisotopic (exact) mass is 482 g/mol. The molecule has 1 N–H and O–H groups in total. The third kappa shape index (κ3) is 5.97. The lowest BCUT2D eigenvalue weighted by molar-refractivity contribution is 0.102. The van der Waals surface area contributed by atoms with Crippen LogP contribution in [0.4, 0.5) is 11.5 Å². The number of rotatable bonds is 8. The molecular formula is C28H26N4O4. The smallest absolute Gasteiger partial charge is 0.263 e. The minimum Gasteiger partial charge on any atom is -0.489 e. The molecule has 1 aromatic heterocycles. The molecule has 1 aliphatic heterocycles. The van der Waals surface area contributed by atoms with E-state index < -0.39 is 0 Å². The van der Waals surface area contributed by atoms with E-state index in [4.69, 9.17) is 14.2 Å². The average molecular weight is 483 g/mol. The van der Waals surface area contributed by atoms with Gasteiger partial charge in [-0.1, -0.05) is 30.3 Å². The Morgan fingerprint density at radius 3 is 2.31 bits per heavy atom. The number of hydrogen-bond acceptors (Lipinski definition) is 7. The fourth-order valence-electron chi connectivity index (χ4n) is 3.75. The standard InChI is InChI=1S/C28H26N4O4/c33-27(31-23-8-12-24(13-9-23)35-20-21-4-2-1-3-5-21)22-6-10-25(11-7-22)36-28-26(29-14-15-30-28)32-16-18-34-19-17-32/h1-15H,16-20H2,(H,31,33). The molecule has 4 aromatic rings. The second-order valence-electron chi connectivity index (χ2n) is 8.16. The molecule has 8 nitrogen and oxygen atoms in total. The fourth-order valence-corrected chi connectivity index (χ4v) is 3.75. The number of morpholine rings is 1. The number of benzene rings is 3. The van der Waals surface area contributed by atoms with Crippen molar-refractivity contribution in [3.63, 3.8) is 0 Å². The Labute approximate surface area is 209 Å². The third-order valence-corrected chi connectivity index (χ3v) is 5.65. The van der Waals surface area contributed by atoms with Crippen LogP contribution in [0.1, 0.15) is 15.9 Å². The van der Waals surface area contributed by atoms with Crippen LogP contribution in [0, 0.1) is 0 Å². The molecule has 0 atom stereocenters. The lowest BCUT2D eigenvalue weighted by Gasteiger charge is -2.28. The summed E-state index contributed by atoms with van der Waals surface area (Å²) in [7, 11) is 0. The molecule has 1 amide bonds.